The fourth-order valence-corrected chi connectivity index (χ4v) is 2.83. The van der Waals surface area contributed by atoms with E-state index in [2.05, 4.69) is 21.4 Å². The lowest BCUT2D eigenvalue weighted by molar-refractivity contribution is 0.112. The van der Waals surface area contributed by atoms with Crippen molar-refractivity contribution < 1.29 is 9.00 Å². The van der Waals surface area contributed by atoms with Gasteiger partial charge >= 0.3 is 0 Å². The molecule has 5 nitrogen and oxygen atoms in total. The first kappa shape index (κ1) is 15.8. The van der Waals surface area contributed by atoms with Gasteiger partial charge in [0.25, 0.3) is 0 Å². The molecule has 0 radical (unpaired) electrons. The average molecular weight is 313 g/mol. The van der Waals surface area contributed by atoms with Crippen molar-refractivity contribution in [2.75, 3.05) is 4.72 Å². The Bertz CT molecular complexity index is 740. The van der Waals surface area contributed by atoms with Gasteiger partial charge in [-0.15, -0.1) is 0 Å². The zero-order chi connectivity index (χ0) is 15.9. The van der Waals surface area contributed by atoms with Gasteiger partial charge < -0.3 is 4.72 Å². The molecule has 0 amide bonds. The Balaban J connectivity index is 2.32. The summed E-state index contributed by atoms with van der Waals surface area (Å²) >= 11 is 0. The number of anilines is 1. The lowest BCUT2D eigenvalue weighted by atomic mass is 10.2. The Morgan fingerprint density at radius 3 is 2.50 bits per heavy atom. The van der Waals surface area contributed by atoms with Gasteiger partial charge in [-0.1, -0.05) is 6.07 Å². The van der Waals surface area contributed by atoms with Crippen LogP contribution in [-0.2, 0) is 11.0 Å². The summed E-state index contributed by atoms with van der Waals surface area (Å²) in [4.78, 5) is 19.3. The molecule has 0 bridgehead atoms. The van der Waals surface area contributed by atoms with E-state index in [0.29, 0.717) is 27.5 Å². The van der Waals surface area contributed by atoms with Crippen LogP contribution in [0.2, 0.25) is 0 Å². The summed E-state index contributed by atoms with van der Waals surface area (Å²) in [5.41, 5.74) is 2.30. The van der Waals surface area contributed by atoms with Gasteiger partial charge in [-0.2, -0.15) is 0 Å². The number of carbonyl (C=O) groups is 1. The average Bonchev–Trinajstić information content (AvgIpc) is 2.56. The SMILES string of the molecule is C=Nc1cccc(S(=O)Nc2ccc(C=O)cc2)c1N=CC. The highest BCUT2D eigenvalue weighted by atomic mass is 32.2. The maximum atomic E-state index is 12.5. The third-order valence-corrected chi connectivity index (χ3v) is 4.01. The molecule has 0 saturated heterocycles. The van der Waals surface area contributed by atoms with Crippen LogP contribution in [0.4, 0.5) is 17.1 Å². The van der Waals surface area contributed by atoms with Gasteiger partial charge in [0.05, 0.1) is 10.6 Å². The van der Waals surface area contributed by atoms with Crippen molar-refractivity contribution >= 4 is 47.3 Å². The highest BCUT2D eigenvalue weighted by Crippen LogP contribution is 2.33. The maximum absolute atomic E-state index is 12.5. The van der Waals surface area contributed by atoms with Crippen LogP contribution in [0.1, 0.15) is 17.3 Å². The molecule has 0 fully saturated rings. The number of hydrogen-bond acceptors (Lipinski definition) is 4. The Labute approximate surface area is 131 Å². The first-order valence-corrected chi connectivity index (χ1v) is 7.66. The summed E-state index contributed by atoms with van der Waals surface area (Å²) in [7, 11) is -1.51. The van der Waals surface area contributed by atoms with Crippen LogP contribution in [0.15, 0.2) is 57.3 Å². The Morgan fingerprint density at radius 1 is 1.18 bits per heavy atom. The molecule has 2 aromatic carbocycles. The van der Waals surface area contributed by atoms with Crippen LogP contribution in [0, 0.1) is 0 Å². The molecule has 0 aliphatic heterocycles. The second kappa shape index (κ2) is 7.42. The third kappa shape index (κ3) is 3.53. The van der Waals surface area contributed by atoms with E-state index in [0.717, 1.165) is 6.29 Å². The number of aliphatic imine (C=N–C) groups is 2. The molecule has 6 heteroatoms. The van der Waals surface area contributed by atoms with Crippen molar-refractivity contribution in [2.45, 2.75) is 11.8 Å². The Kier molecular flexibility index (Phi) is 5.32. The van der Waals surface area contributed by atoms with Crippen molar-refractivity contribution in [2.24, 2.45) is 9.98 Å². The van der Waals surface area contributed by atoms with Gasteiger partial charge in [0.15, 0.2) is 11.0 Å². The van der Waals surface area contributed by atoms with Crippen molar-refractivity contribution in [3.63, 3.8) is 0 Å². The van der Waals surface area contributed by atoms with E-state index in [-0.39, 0.29) is 0 Å². The highest BCUT2D eigenvalue weighted by molar-refractivity contribution is 7.86. The van der Waals surface area contributed by atoms with Crippen molar-refractivity contribution in [3.8, 4) is 0 Å². The molecule has 0 aliphatic rings. The van der Waals surface area contributed by atoms with Gasteiger partial charge in [-0.3, -0.25) is 14.8 Å². The smallest absolute Gasteiger partial charge is 0.152 e. The molecular formula is C16H15N3O2S. The van der Waals surface area contributed by atoms with Crippen molar-refractivity contribution in [1.82, 2.24) is 0 Å². The zero-order valence-corrected chi connectivity index (χ0v) is 12.8. The van der Waals surface area contributed by atoms with Crippen molar-refractivity contribution in [3.05, 3.63) is 48.0 Å². The number of nitrogens with one attached hydrogen (secondary N) is 1. The van der Waals surface area contributed by atoms with E-state index >= 15 is 0 Å². The topological polar surface area (TPSA) is 70.9 Å². The molecule has 0 heterocycles. The van der Waals surface area contributed by atoms with Crippen LogP contribution in [0.25, 0.3) is 0 Å². The molecule has 22 heavy (non-hydrogen) atoms. The van der Waals surface area contributed by atoms with Crippen LogP contribution < -0.4 is 4.72 Å². The van der Waals surface area contributed by atoms with Gasteiger partial charge in [-0.05, 0) is 50.0 Å². The van der Waals surface area contributed by atoms with E-state index in [4.69, 9.17) is 0 Å². The van der Waals surface area contributed by atoms with Crippen LogP contribution in [0.3, 0.4) is 0 Å². The summed E-state index contributed by atoms with van der Waals surface area (Å²) in [6, 6.07) is 11.9. The number of para-hydroxylation sites is 1. The quantitative estimate of drug-likeness (QED) is 0.652. The molecule has 0 aromatic heterocycles. The van der Waals surface area contributed by atoms with Crippen LogP contribution >= 0.6 is 0 Å². The summed E-state index contributed by atoms with van der Waals surface area (Å²) in [6.07, 6.45) is 2.37. The summed E-state index contributed by atoms with van der Waals surface area (Å²) in [5.74, 6) is 0. The normalized spacial score (nSPS) is 12.0. The Morgan fingerprint density at radius 2 is 1.91 bits per heavy atom. The van der Waals surface area contributed by atoms with Crippen LogP contribution in [-0.4, -0.2) is 23.4 Å². The molecule has 0 aliphatic carbocycles. The largest absolute Gasteiger partial charge is 0.301 e. The number of hydrogen-bond donors (Lipinski definition) is 1. The molecular weight excluding hydrogens is 298 g/mol. The van der Waals surface area contributed by atoms with E-state index in [9.17, 15) is 9.00 Å². The molecule has 1 atom stereocenters. The second-order valence-corrected chi connectivity index (χ2v) is 5.46. The molecule has 1 N–H and O–H groups in total. The molecule has 2 aromatic rings. The number of benzene rings is 2. The highest BCUT2D eigenvalue weighted by Gasteiger charge is 2.12. The van der Waals surface area contributed by atoms with Crippen molar-refractivity contribution in [1.29, 1.82) is 0 Å². The van der Waals surface area contributed by atoms with E-state index in [1.807, 2.05) is 0 Å². The molecule has 2 rings (SSSR count). The monoisotopic (exact) mass is 313 g/mol. The standard InChI is InChI=1S/C16H15N3O2S/c1-3-18-16-14(17-2)5-4-6-15(16)22(21)19-13-9-7-12(11-20)8-10-13/h3-11,19H,2H2,1H3. The minimum atomic E-state index is -1.51. The lowest BCUT2D eigenvalue weighted by Gasteiger charge is -2.10. The first-order valence-electron chi connectivity index (χ1n) is 6.51. The molecule has 0 saturated carbocycles. The van der Waals surface area contributed by atoms with Crippen LogP contribution in [0.5, 0.6) is 0 Å². The number of nitrogens with zero attached hydrogens (tertiary/aromatic N) is 2. The molecule has 1 unspecified atom stereocenters. The van der Waals surface area contributed by atoms with E-state index < -0.39 is 11.0 Å². The van der Waals surface area contributed by atoms with Gasteiger partial charge in [0.2, 0.25) is 0 Å². The van der Waals surface area contributed by atoms with Gasteiger partial charge in [0.1, 0.15) is 12.0 Å². The summed E-state index contributed by atoms with van der Waals surface area (Å²) < 4.78 is 15.4. The Hall–Kier alpha value is -2.60. The predicted octanol–water partition coefficient (Wildman–Crippen LogP) is 3.69. The fourth-order valence-electron chi connectivity index (χ4n) is 1.84. The lowest BCUT2D eigenvalue weighted by Crippen LogP contribution is -2.05. The number of carbonyl (C=O) groups excluding carboxylic acids is 1. The molecule has 112 valence electrons. The molecule has 0 spiro atoms. The first-order chi connectivity index (χ1) is 10.7. The fraction of sp³-hybridized carbons (Fsp3) is 0.0625. The zero-order valence-electron chi connectivity index (χ0n) is 12.0. The second-order valence-electron chi connectivity index (χ2n) is 4.28. The third-order valence-electron chi connectivity index (χ3n) is 2.86. The number of aldehydes is 1. The van der Waals surface area contributed by atoms with Gasteiger partial charge in [-0.25, -0.2) is 4.21 Å². The maximum Gasteiger partial charge on any atom is 0.152 e. The minimum Gasteiger partial charge on any atom is -0.301 e. The summed E-state index contributed by atoms with van der Waals surface area (Å²) in [6.45, 7) is 5.28. The summed E-state index contributed by atoms with van der Waals surface area (Å²) in [5, 5.41) is 0. The minimum absolute atomic E-state index is 0.516. The van der Waals surface area contributed by atoms with E-state index in [1.165, 1.54) is 0 Å². The van der Waals surface area contributed by atoms with Gasteiger partial charge in [0, 0.05) is 17.5 Å². The number of rotatable bonds is 6. The predicted molar refractivity (Wildman–Crippen MR) is 91.3 cm³/mol. The van der Waals surface area contributed by atoms with E-state index in [1.54, 1.807) is 55.6 Å².